The lowest BCUT2D eigenvalue weighted by molar-refractivity contribution is 0.132. The topological polar surface area (TPSA) is 78.8 Å². The smallest absolute Gasteiger partial charge is 0.407 e. The highest BCUT2D eigenvalue weighted by atomic mass is 79.9. The van der Waals surface area contributed by atoms with E-state index in [9.17, 15) is 15.0 Å². The van der Waals surface area contributed by atoms with Crippen LogP contribution in [0.25, 0.3) is 11.1 Å². The molecule has 30 heavy (non-hydrogen) atoms. The highest BCUT2D eigenvalue weighted by Gasteiger charge is 2.29. The molecule has 3 aromatic carbocycles. The van der Waals surface area contributed by atoms with Crippen LogP contribution in [0.2, 0.25) is 0 Å². The first-order valence-electron chi connectivity index (χ1n) is 9.76. The van der Waals surface area contributed by atoms with Crippen molar-refractivity contribution in [2.24, 2.45) is 0 Å². The first kappa shape index (κ1) is 20.4. The minimum absolute atomic E-state index is 0.0104. The third-order valence-electron chi connectivity index (χ3n) is 5.38. The summed E-state index contributed by atoms with van der Waals surface area (Å²) in [5.41, 5.74) is 5.53. The summed E-state index contributed by atoms with van der Waals surface area (Å²) in [6.07, 6.45) is -0.145. The molecule has 0 aromatic heterocycles. The number of amides is 1. The second-order valence-electron chi connectivity index (χ2n) is 7.34. The van der Waals surface area contributed by atoms with E-state index in [0.29, 0.717) is 10.9 Å². The van der Waals surface area contributed by atoms with Crippen LogP contribution in [0.5, 0.6) is 5.75 Å². The van der Waals surface area contributed by atoms with Crippen LogP contribution >= 0.6 is 15.9 Å². The molecule has 3 aromatic rings. The van der Waals surface area contributed by atoms with Gasteiger partial charge in [-0.2, -0.15) is 0 Å². The van der Waals surface area contributed by atoms with E-state index in [1.165, 1.54) is 11.1 Å². The van der Waals surface area contributed by atoms with Crippen LogP contribution in [0.4, 0.5) is 4.79 Å². The van der Waals surface area contributed by atoms with Crippen molar-refractivity contribution in [1.29, 1.82) is 0 Å². The van der Waals surface area contributed by atoms with Gasteiger partial charge < -0.3 is 20.3 Å². The number of nitrogens with one attached hydrogen (secondary N) is 1. The van der Waals surface area contributed by atoms with E-state index in [0.717, 1.165) is 16.7 Å². The standard InChI is InChI=1S/C24H22BrNO4/c25-22-12-15(9-10-23(22)28)11-16(13-27)26-24(29)30-14-21-19-7-3-1-5-17(19)18-6-2-4-8-20(18)21/h1-10,12,16,21,27-28H,11,13-14H2,(H,26,29)/t16-/m0/s1. The van der Waals surface area contributed by atoms with Crippen molar-refractivity contribution in [3.63, 3.8) is 0 Å². The quantitative estimate of drug-likeness (QED) is 0.494. The summed E-state index contributed by atoms with van der Waals surface area (Å²) < 4.78 is 6.11. The molecule has 3 N–H and O–H groups in total. The monoisotopic (exact) mass is 467 g/mol. The fourth-order valence-electron chi connectivity index (χ4n) is 3.93. The number of halogens is 1. The predicted molar refractivity (Wildman–Crippen MR) is 119 cm³/mol. The van der Waals surface area contributed by atoms with Gasteiger partial charge in [0.1, 0.15) is 12.4 Å². The van der Waals surface area contributed by atoms with E-state index in [-0.39, 0.29) is 24.9 Å². The third kappa shape index (κ3) is 4.20. The Morgan fingerprint density at radius 2 is 1.67 bits per heavy atom. The number of hydrogen-bond donors (Lipinski definition) is 3. The van der Waals surface area contributed by atoms with Crippen LogP contribution in [0.3, 0.4) is 0 Å². The summed E-state index contributed by atoms with van der Waals surface area (Å²) in [5, 5.41) is 22.0. The molecule has 0 heterocycles. The molecule has 1 atom stereocenters. The van der Waals surface area contributed by atoms with Gasteiger partial charge in [-0.25, -0.2) is 4.79 Å². The molecule has 4 rings (SSSR count). The van der Waals surface area contributed by atoms with Crippen molar-refractivity contribution in [3.05, 3.63) is 87.9 Å². The Morgan fingerprint density at radius 1 is 1.03 bits per heavy atom. The maximum Gasteiger partial charge on any atom is 0.407 e. The molecular formula is C24H22BrNO4. The SMILES string of the molecule is O=C(N[C@H](CO)Cc1ccc(O)c(Br)c1)OCC1c2ccccc2-c2ccccc21. The zero-order valence-corrected chi connectivity index (χ0v) is 17.8. The Kier molecular flexibility index (Phi) is 6.06. The number of ether oxygens (including phenoxy) is 1. The summed E-state index contributed by atoms with van der Waals surface area (Å²) in [6.45, 7) is 0.00541. The largest absolute Gasteiger partial charge is 0.507 e. The number of carbonyl (C=O) groups is 1. The minimum Gasteiger partial charge on any atom is -0.507 e. The second-order valence-corrected chi connectivity index (χ2v) is 8.19. The van der Waals surface area contributed by atoms with Crippen molar-refractivity contribution in [3.8, 4) is 16.9 Å². The molecule has 0 saturated carbocycles. The molecule has 5 nitrogen and oxygen atoms in total. The molecule has 0 fully saturated rings. The van der Waals surface area contributed by atoms with E-state index in [4.69, 9.17) is 4.74 Å². The van der Waals surface area contributed by atoms with Crippen molar-refractivity contribution in [1.82, 2.24) is 5.32 Å². The van der Waals surface area contributed by atoms with Crippen LogP contribution in [-0.4, -0.2) is 35.6 Å². The van der Waals surface area contributed by atoms with Gasteiger partial charge in [0.05, 0.1) is 17.1 Å². The van der Waals surface area contributed by atoms with Gasteiger partial charge in [-0.1, -0.05) is 54.6 Å². The number of phenolic OH excluding ortho intramolecular Hbond substituents is 1. The van der Waals surface area contributed by atoms with Crippen LogP contribution in [0.1, 0.15) is 22.6 Å². The summed E-state index contributed by atoms with van der Waals surface area (Å²) >= 11 is 3.27. The fourth-order valence-corrected chi connectivity index (χ4v) is 4.36. The molecule has 1 aliphatic rings. The molecule has 6 heteroatoms. The first-order chi connectivity index (χ1) is 14.6. The number of aromatic hydroxyl groups is 1. The van der Waals surface area contributed by atoms with Crippen LogP contribution < -0.4 is 5.32 Å². The number of aliphatic hydroxyl groups excluding tert-OH is 1. The first-order valence-corrected chi connectivity index (χ1v) is 10.6. The van der Waals surface area contributed by atoms with Crippen molar-refractivity contribution in [2.45, 2.75) is 18.4 Å². The normalized spacial score (nSPS) is 13.4. The Bertz CT molecular complexity index is 1020. The van der Waals surface area contributed by atoms with Gasteiger partial charge >= 0.3 is 6.09 Å². The van der Waals surface area contributed by atoms with Gasteiger partial charge in [0.2, 0.25) is 0 Å². The van der Waals surface area contributed by atoms with Gasteiger partial charge in [0, 0.05) is 5.92 Å². The Hall–Kier alpha value is -2.83. The van der Waals surface area contributed by atoms with E-state index in [1.54, 1.807) is 18.2 Å². The number of fused-ring (bicyclic) bond motifs is 3. The van der Waals surface area contributed by atoms with E-state index in [2.05, 4.69) is 45.5 Å². The molecule has 0 unspecified atom stereocenters. The molecule has 0 spiro atoms. The average molecular weight is 468 g/mol. The Morgan fingerprint density at radius 3 is 2.27 bits per heavy atom. The van der Waals surface area contributed by atoms with Crippen molar-refractivity contribution < 1.29 is 19.7 Å². The number of aliphatic hydroxyl groups is 1. The summed E-state index contributed by atoms with van der Waals surface area (Å²) in [5.74, 6) is 0.132. The molecular weight excluding hydrogens is 446 g/mol. The second kappa shape index (κ2) is 8.90. The predicted octanol–water partition coefficient (Wildman–Crippen LogP) is 4.60. The Balaban J connectivity index is 1.40. The van der Waals surface area contributed by atoms with Crippen molar-refractivity contribution >= 4 is 22.0 Å². The lowest BCUT2D eigenvalue weighted by Crippen LogP contribution is -2.39. The van der Waals surface area contributed by atoms with Gasteiger partial charge in [-0.05, 0) is 62.3 Å². The zero-order chi connectivity index (χ0) is 21.1. The van der Waals surface area contributed by atoms with Crippen molar-refractivity contribution in [2.75, 3.05) is 13.2 Å². The minimum atomic E-state index is -0.561. The van der Waals surface area contributed by atoms with Gasteiger partial charge in [0.25, 0.3) is 0 Å². The van der Waals surface area contributed by atoms with Gasteiger partial charge in [-0.15, -0.1) is 0 Å². The molecule has 0 radical (unpaired) electrons. The maximum atomic E-state index is 12.4. The van der Waals surface area contributed by atoms with Crippen LogP contribution in [0, 0.1) is 0 Å². The average Bonchev–Trinajstić information content (AvgIpc) is 3.08. The lowest BCUT2D eigenvalue weighted by Gasteiger charge is -2.19. The fraction of sp³-hybridized carbons (Fsp3) is 0.208. The lowest BCUT2D eigenvalue weighted by atomic mass is 9.98. The highest BCUT2D eigenvalue weighted by molar-refractivity contribution is 9.10. The molecule has 1 aliphatic carbocycles. The van der Waals surface area contributed by atoms with Gasteiger partial charge in [0.15, 0.2) is 0 Å². The van der Waals surface area contributed by atoms with E-state index >= 15 is 0 Å². The molecule has 0 bridgehead atoms. The molecule has 0 aliphatic heterocycles. The number of rotatable bonds is 6. The number of carbonyl (C=O) groups excluding carboxylic acids is 1. The summed E-state index contributed by atoms with van der Waals surface area (Å²) in [6, 6.07) is 20.9. The van der Waals surface area contributed by atoms with Crippen LogP contribution in [-0.2, 0) is 11.2 Å². The molecule has 154 valence electrons. The number of alkyl carbamates (subject to hydrolysis) is 1. The molecule has 0 saturated heterocycles. The number of phenols is 1. The number of benzene rings is 3. The third-order valence-corrected chi connectivity index (χ3v) is 6.02. The zero-order valence-electron chi connectivity index (χ0n) is 16.2. The molecule has 1 amide bonds. The Labute approximate surface area is 183 Å². The summed E-state index contributed by atoms with van der Waals surface area (Å²) in [7, 11) is 0. The van der Waals surface area contributed by atoms with E-state index < -0.39 is 12.1 Å². The van der Waals surface area contributed by atoms with Crippen LogP contribution in [0.15, 0.2) is 71.2 Å². The van der Waals surface area contributed by atoms with Gasteiger partial charge in [-0.3, -0.25) is 0 Å². The van der Waals surface area contributed by atoms with E-state index in [1.807, 2.05) is 24.3 Å². The maximum absolute atomic E-state index is 12.4. The highest BCUT2D eigenvalue weighted by Crippen LogP contribution is 2.44. The summed E-state index contributed by atoms with van der Waals surface area (Å²) in [4.78, 5) is 12.4. The number of hydrogen-bond acceptors (Lipinski definition) is 4.